The number of epoxide rings is 1. The van der Waals surface area contributed by atoms with E-state index in [2.05, 4.69) is 16.2 Å². The third-order valence-electron chi connectivity index (χ3n) is 4.33. The lowest BCUT2D eigenvalue weighted by Crippen LogP contribution is -2.20. The number of benzene rings is 2. The van der Waals surface area contributed by atoms with Gasteiger partial charge in [0, 0.05) is 5.56 Å². The summed E-state index contributed by atoms with van der Waals surface area (Å²) in [4.78, 5) is 3.90. The molecule has 0 N–H and O–H groups in total. The highest BCUT2D eigenvalue weighted by atomic mass is 19.2. The van der Waals surface area contributed by atoms with E-state index in [4.69, 9.17) is 4.74 Å². The fourth-order valence-electron chi connectivity index (χ4n) is 3.06. The van der Waals surface area contributed by atoms with Crippen LogP contribution in [-0.4, -0.2) is 14.8 Å². The molecule has 1 fully saturated rings. The van der Waals surface area contributed by atoms with Gasteiger partial charge in [0.05, 0.1) is 18.2 Å². The molecule has 2 unspecified atom stereocenters. The Kier molecular flexibility index (Phi) is 3.55. The predicted octanol–water partition coefficient (Wildman–Crippen LogP) is 3.09. The Morgan fingerprint density at radius 1 is 1.20 bits per heavy atom. The lowest BCUT2D eigenvalue weighted by molar-refractivity contribution is 0.261. The molecule has 0 amide bonds. The first-order valence-corrected chi connectivity index (χ1v) is 7.59. The molecule has 2 atom stereocenters. The van der Waals surface area contributed by atoms with Crippen molar-refractivity contribution in [3.8, 4) is 6.07 Å². The lowest BCUT2D eigenvalue weighted by atomic mass is 9.90. The summed E-state index contributed by atoms with van der Waals surface area (Å²) in [6, 6.07) is 12.9. The number of nitrogens with zero attached hydrogens (tertiary/aromatic N) is 4. The van der Waals surface area contributed by atoms with Gasteiger partial charge in [-0.25, -0.2) is 18.4 Å². The first-order valence-electron chi connectivity index (χ1n) is 7.59. The van der Waals surface area contributed by atoms with Gasteiger partial charge in [-0.3, -0.25) is 0 Å². The molecule has 124 valence electrons. The van der Waals surface area contributed by atoms with Crippen molar-refractivity contribution in [3.63, 3.8) is 0 Å². The average molecular weight is 338 g/mol. The third-order valence-corrected chi connectivity index (χ3v) is 4.33. The number of aromatic nitrogens is 3. The molecular formula is C18H12F2N4O. The second-order valence-electron chi connectivity index (χ2n) is 5.81. The van der Waals surface area contributed by atoms with Crippen LogP contribution < -0.4 is 0 Å². The van der Waals surface area contributed by atoms with E-state index >= 15 is 0 Å². The van der Waals surface area contributed by atoms with E-state index in [1.165, 1.54) is 18.7 Å². The van der Waals surface area contributed by atoms with Crippen molar-refractivity contribution in [2.45, 2.75) is 18.2 Å². The zero-order valence-electron chi connectivity index (χ0n) is 12.9. The Morgan fingerprint density at radius 3 is 2.76 bits per heavy atom. The summed E-state index contributed by atoms with van der Waals surface area (Å²) >= 11 is 0. The van der Waals surface area contributed by atoms with Crippen molar-refractivity contribution in [1.29, 1.82) is 5.26 Å². The fourth-order valence-corrected chi connectivity index (χ4v) is 3.06. The minimum Gasteiger partial charge on any atom is -0.354 e. The Hall–Kier alpha value is -3.11. The monoisotopic (exact) mass is 338 g/mol. The molecule has 7 heteroatoms. The van der Waals surface area contributed by atoms with Gasteiger partial charge in [0.15, 0.2) is 11.6 Å². The normalized spacial score (nSPS) is 21.7. The molecule has 0 radical (unpaired) electrons. The second-order valence-corrected chi connectivity index (χ2v) is 5.81. The second kappa shape index (κ2) is 5.76. The zero-order valence-corrected chi connectivity index (χ0v) is 12.9. The standard InChI is InChI=1S/C18H12F2N4O/c19-15-6-5-13(7-16(15)20)18(9-24-11-22-10-23-24)17(25-18)14-4-2-1-3-12(14)8-21/h1-7,10-11,17H,9H2. The quantitative estimate of drug-likeness (QED) is 0.686. The Morgan fingerprint density at radius 2 is 2.04 bits per heavy atom. The maximum absolute atomic E-state index is 13.8. The molecule has 1 aliphatic rings. The molecule has 2 heterocycles. The van der Waals surface area contributed by atoms with Crippen LogP contribution in [0.3, 0.4) is 0 Å². The van der Waals surface area contributed by atoms with Gasteiger partial charge in [-0.1, -0.05) is 24.3 Å². The molecule has 0 spiro atoms. The highest BCUT2D eigenvalue weighted by molar-refractivity contribution is 5.45. The summed E-state index contributed by atoms with van der Waals surface area (Å²) in [7, 11) is 0. The van der Waals surface area contributed by atoms with Crippen LogP contribution in [0, 0.1) is 23.0 Å². The molecule has 1 aliphatic heterocycles. The van der Waals surface area contributed by atoms with E-state index in [0.717, 1.165) is 12.1 Å². The van der Waals surface area contributed by atoms with Gasteiger partial charge in [-0.05, 0) is 23.8 Å². The van der Waals surface area contributed by atoms with Gasteiger partial charge >= 0.3 is 0 Å². The molecule has 1 saturated heterocycles. The number of halogens is 2. The maximum Gasteiger partial charge on any atom is 0.159 e. The summed E-state index contributed by atoms with van der Waals surface area (Å²) in [5, 5.41) is 13.4. The van der Waals surface area contributed by atoms with Gasteiger partial charge in [0.1, 0.15) is 24.4 Å². The van der Waals surface area contributed by atoms with E-state index < -0.39 is 23.3 Å². The van der Waals surface area contributed by atoms with Gasteiger partial charge < -0.3 is 4.74 Å². The summed E-state index contributed by atoms with van der Waals surface area (Å²) in [6.07, 6.45) is 2.45. The van der Waals surface area contributed by atoms with E-state index in [9.17, 15) is 14.0 Å². The molecule has 0 bridgehead atoms. The Bertz CT molecular complexity index is 967. The van der Waals surface area contributed by atoms with E-state index in [1.54, 1.807) is 22.9 Å². The molecule has 4 rings (SSSR count). The summed E-state index contributed by atoms with van der Waals surface area (Å²) in [6.45, 7) is 0.266. The fraction of sp³-hybridized carbons (Fsp3) is 0.167. The van der Waals surface area contributed by atoms with Gasteiger partial charge in [0.2, 0.25) is 0 Å². The average Bonchev–Trinajstić information content (AvgIpc) is 3.11. The summed E-state index contributed by atoms with van der Waals surface area (Å²) < 4.78 is 34.6. The van der Waals surface area contributed by atoms with Crippen LogP contribution in [0.15, 0.2) is 55.1 Å². The number of ether oxygens (including phenoxy) is 1. The number of nitriles is 1. The van der Waals surface area contributed by atoms with E-state index in [1.807, 2.05) is 6.07 Å². The largest absolute Gasteiger partial charge is 0.354 e. The van der Waals surface area contributed by atoms with E-state index in [0.29, 0.717) is 16.7 Å². The number of hydrogen-bond donors (Lipinski definition) is 0. The topological polar surface area (TPSA) is 67.0 Å². The Balaban J connectivity index is 1.79. The summed E-state index contributed by atoms with van der Waals surface area (Å²) in [5.41, 5.74) is 0.736. The number of hydrogen-bond acceptors (Lipinski definition) is 4. The summed E-state index contributed by atoms with van der Waals surface area (Å²) in [5.74, 6) is -1.87. The third kappa shape index (κ3) is 2.57. The molecule has 25 heavy (non-hydrogen) atoms. The van der Waals surface area contributed by atoms with Crippen molar-refractivity contribution < 1.29 is 13.5 Å². The highest BCUT2D eigenvalue weighted by Crippen LogP contribution is 2.58. The molecule has 0 aliphatic carbocycles. The van der Waals surface area contributed by atoms with Gasteiger partial charge in [-0.2, -0.15) is 10.4 Å². The van der Waals surface area contributed by atoms with Gasteiger partial charge in [0.25, 0.3) is 0 Å². The van der Waals surface area contributed by atoms with Crippen LogP contribution in [0.5, 0.6) is 0 Å². The smallest absolute Gasteiger partial charge is 0.159 e. The zero-order chi connectivity index (χ0) is 17.4. The van der Waals surface area contributed by atoms with Crippen LogP contribution in [0.1, 0.15) is 22.8 Å². The minimum atomic E-state index is -0.946. The molecule has 5 nitrogen and oxygen atoms in total. The molecule has 1 aromatic heterocycles. The van der Waals surface area contributed by atoms with Crippen molar-refractivity contribution in [3.05, 3.63) is 83.4 Å². The predicted molar refractivity (Wildman–Crippen MR) is 83.0 cm³/mol. The van der Waals surface area contributed by atoms with Crippen LogP contribution >= 0.6 is 0 Å². The van der Waals surface area contributed by atoms with Crippen LogP contribution in [0.25, 0.3) is 0 Å². The molecular weight excluding hydrogens is 326 g/mol. The van der Waals surface area contributed by atoms with Crippen LogP contribution in [0.2, 0.25) is 0 Å². The first kappa shape index (κ1) is 15.4. The van der Waals surface area contributed by atoms with Crippen molar-refractivity contribution in [2.75, 3.05) is 0 Å². The van der Waals surface area contributed by atoms with E-state index in [-0.39, 0.29) is 6.54 Å². The Labute approximate surface area is 142 Å². The first-order chi connectivity index (χ1) is 12.1. The molecule has 0 saturated carbocycles. The highest BCUT2D eigenvalue weighted by Gasteiger charge is 2.59. The molecule has 3 aromatic rings. The van der Waals surface area contributed by atoms with Crippen molar-refractivity contribution in [2.24, 2.45) is 0 Å². The minimum absolute atomic E-state index is 0.266. The van der Waals surface area contributed by atoms with Crippen LogP contribution in [0.4, 0.5) is 8.78 Å². The maximum atomic E-state index is 13.8. The number of rotatable bonds is 4. The lowest BCUT2D eigenvalue weighted by Gasteiger charge is -2.14. The van der Waals surface area contributed by atoms with Crippen molar-refractivity contribution >= 4 is 0 Å². The molecule has 2 aromatic carbocycles. The van der Waals surface area contributed by atoms with Crippen LogP contribution in [-0.2, 0) is 16.9 Å². The SMILES string of the molecule is N#Cc1ccccc1C1OC1(Cn1cncn1)c1ccc(F)c(F)c1. The van der Waals surface area contributed by atoms with Gasteiger partial charge in [-0.15, -0.1) is 0 Å². The van der Waals surface area contributed by atoms with Crippen molar-refractivity contribution in [1.82, 2.24) is 14.8 Å².